The van der Waals surface area contributed by atoms with Crippen molar-refractivity contribution in [3.05, 3.63) is 62.8 Å². The number of carbonyl (C=O) groups is 1. The Balaban J connectivity index is 2.86. The first kappa shape index (κ1) is 14.0. The van der Waals surface area contributed by atoms with Crippen molar-refractivity contribution in [2.24, 2.45) is 0 Å². The van der Waals surface area contributed by atoms with Crippen LogP contribution in [-0.2, 0) is 0 Å². The summed E-state index contributed by atoms with van der Waals surface area (Å²) in [6.07, 6.45) is 0. The zero-order valence-electron chi connectivity index (χ0n) is 11.4. The molecule has 2 aromatic rings. The van der Waals surface area contributed by atoms with E-state index in [9.17, 15) is 19.1 Å². The number of benzene rings is 1. The van der Waals surface area contributed by atoms with Crippen molar-refractivity contribution in [1.29, 1.82) is 0 Å². The smallest absolute Gasteiger partial charge is 0.341 e. The molecular formula is C15H14FNO3. The molecule has 1 aromatic heterocycles. The minimum atomic E-state index is -1.26. The topological polar surface area (TPSA) is 59.3 Å². The second kappa shape index (κ2) is 4.92. The number of rotatable bonds is 2. The molecule has 0 aliphatic rings. The van der Waals surface area contributed by atoms with Crippen LogP contribution in [0.5, 0.6) is 0 Å². The summed E-state index contributed by atoms with van der Waals surface area (Å²) in [5, 5.41) is 9.20. The number of aromatic carboxylic acids is 1. The van der Waals surface area contributed by atoms with Crippen LogP contribution in [0.1, 0.15) is 27.2 Å². The van der Waals surface area contributed by atoms with Gasteiger partial charge in [0.15, 0.2) is 0 Å². The predicted octanol–water partition coefficient (Wildman–Crippen LogP) is 2.60. The van der Waals surface area contributed by atoms with Gasteiger partial charge in [0, 0.05) is 11.4 Å². The Bertz CT molecular complexity index is 745. The molecule has 0 radical (unpaired) electrons. The molecule has 5 heteroatoms. The Morgan fingerprint density at radius 2 is 1.65 bits per heavy atom. The van der Waals surface area contributed by atoms with E-state index in [1.54, 1.807) is 20.8 Å². The summed E-state index contributed by atoms with van der Waals surface area (Å²) in [5.74, 6) is -1.67. The van der Waals surface area contributed by atoms with Crippen LogP contribution in [0.25, 0.3) is 5.69 Å². The Labute approximate surface area is 115 Å². The van der Waals surface area contributed by atoms with E-state index in [0.29, 0.717) is 16.9 Å². The fourth-order valence-electron chi connectivity index (χ4n) is 2.20. The average molecular weight is 275 g/mol. The number of aromatic nitrogens is 1. The Morgan fingerprint density at radius 3 is 2.15 bits per heavy atom. The second-order valence-electron chi connectivity index (χ2n) is 4.63. The zero-order chi connectivity index (χ0) is 15.0. The molecule has 0 bridgehead atoms. The van der Waals surface area contributed by atoms with Crippen LogP contribution in [0.4, 0.5) is 4.39 Å². The summed E-state index contributed by atoms with van der Waals surface area (Å²) >= 11 is 0. The molecule has 0 aliphatic carbocycles. The number of hydrogen-bond acceptors (Lipinski definition) is 2. The Hall–Kier alpha value is -2.43. The van der Waals surface area contributed by atoms with Gasteiger partial charge in [-0.25, -0.2) is 9.18 Å². The highest BCUT2D eigenvalue weighted by atomic mass is 19.1. The van der Waals surface area contributed by atoms with Crippen molar-refractivity contribution in [2.75, 3.05) is 0 Å². The maximum Gasteiger partial charge on any atom is 0.341 e. The van der Waals surface area contributed by atoms with Crippen molar-refractivity contribution < 1.29 is 14.3 Å². The van der Waals surface area contributed by atoms with E-state index in [4.69, 9.17) is 0 Å². The molecule has 104 valence electrons. The first-order chi connectivity index (χ1) is 9.34. The van der Waals surface area contributed by atoms with Crippen LogP contribution in [0.15, 0.2) is 29.1 Å². The largest absolute Gasteiger partial charge is 0.477 e. The van der Waals surface area contributed by atoms with Gasteiger partial charge in [-0.3, -0.25) is 9.36 Å². The predicted molar refractivity (Wildman–Crippen MR) is 73.2 cm³/mol. The highest BCUT2D eigenvalue weighted by Crippen LogP contribution is 2.18. The summed E-state index contributed by atoms with van der Waals surface area (Å²) in [6.45, 7) is 5.11. The van der Waals surface area contributed by atoms with E-state index in [1.807, 2.05) is 0 Å². The SMILES string of the molecule is Cc1c(C)c(C)n(-c2ccc(F)cc2)c(=O)c1C(=O)O. The highest BCUT2D eigenvalue weighted by molar-refractivity contribution is 5.89. The van der Waals surface area contributed by atoms with E-state index in [0.717, 1.165) is 5.56 Å². The van der Waals surface area contributed by atoms with E-state index in [2.05, 4.69) is 0 Å². The van der Waals surface area contributed by atoms with Crippen molar-refractivity contribution in [1.82, 2.24) is 4.57 Å². The van der Waals surface area contributed by atoms with Gasteiger partial charge in [-0.2, -0.15) is 0 Å². The van der Waals surface area contributed by atoms with Crippen molar-refractivity contribution in [3.8, 4) is 5.69 Å². The molecule has 0 saturated heterocycles. The van der Waals surface area contributed by atoms with Crippen LogP contribution in [-0.4, -0.2) is 15.6 Å². The normalized spacial score (nSPS) is 10.6. The molecule has 0 aliphatic heterocycles. The van der Waals surface area contributed by atoms with Crippen LogP contribution < -0.4 is 5.56 Å². The van der Waals surface area contributed by atoms with Crippen LogP contribution in [0.3, 0.4) is 0 Å². The van der Waals surface area contributed by atoms with Gasteiger partial charge < -0.3 is 5.11 Å². The fourth-order valence-corrected chi connectivity index (χ4v) is 2.20. The Kier molecular flexibility index (Phi) is 3.44. The molecule has 1 aromatic carbocycles. The molecule has 1 N–H and O–H groups in total. The zero-order valence-corrected chi connectivity index (χ0v) is 11.4. The van der Waals surface area contributed by atoms with Crippen LogP contribution in [0.2, 0.25) is 0 Å². The summed E-state index contributed by atoms with van der Waals surface area (Å²) < 4.78 is 14.3. The maximum atomic E-state index is 13.0. The fraction of sp³-hybridized carbons (Fsp3) is 0.200. The maximum absolute atomic E-state index is 13.0. The molecule has 0 atom stereocenters. The third-order valence-corrected chi connectivity index (χ3v) is 3.53. The molecule has 4 nitrogen and oxygen atoms in total. The van der Waals surface area contributed by atoms with E-state index in [-0.39, 0.29) is 5.56 Å². The van der Waals surface area contributed by atoms with Gasteiger partial charge in [0.25, 0.3) is 5.56 Å². The standard InChI is InChI=1S/C15H14FNO3/c1-8-9(2)13(15(19)20)14(18)17(10(8)3)12-6-4-11(16)5-7-12/h4-7H,1-3H3,(H,19,20). The Morgan fingerprint density at radius 1 is 1.10 bits per heavy atom. The number of pyridine rings is 1. The molecule has 2 rings (SSSR count). The monoisotopic (exact) mass is 275 g/mol. The molecule has 20 heavy (non-hydrogen) atoms. The second-order valence-corrected chi connectivity index (χ2v) is 4.63. The van der Waals surface area contributed by atoms with Gasteiger partial charge in [-0.15, -0.1) is 0 Å². The van der Waals surface area contributed by atoms with Gasteiger partial charge in [0.05, 0.1) is 0 Å². The minimum absolute atomic E-state index is 0.252. The molecule has 1 heterocycles. The number of nitrogens with zero attached hydrogens (tertiary/aromatic N) is 1. The highest BCUT2D eigenvalue weighted by Gasteiger charge is 2.20. The first-order valence-corrected chi connectivity index (χ1v) is 6.06. The van der Waals surface area contributed by atoms with Crippen molar-refractivity contribution >= 4 is 5.97 Å². The molecule has 0 saturated carbocycles. The molecule has 0 spiro atoms. The van der Waals surface area contributed by atoms with Crippen molar-refractivity contribution in [3.63, 3.8) is 0 Å². The summed E-state index contributed by atoms with van der Waals surface area (Å²) in [6, 6.07) is 5.36. The van der Waals surface area contributed by atoms with Gasteiger partial charge >= 0.3 is 5.97 Å². The molecule has 0 fully saturated rings. The quantitative estimate of drug-likeness (QED) is 0.916. The molecule has 0 amide bonds. The average Bonchev–Trinajstić information content (AvgIpc) is 2.38. The van der Waals surface area contributed by atoms with Gasteiger partial charge in [0.1, 0.15) is 11.4 Å². The lowest BCUT2D eigenvalue weighted by Gasteiger charge is -2.16. The van der Waals surface area contributed by atoms with E-state index >= 15 is 0 Å². The number of hydrogen-bond donors (Lipinski definition) is 1. The molecule has 0 unspecified atom stereocenters. The lowest BCUT2D eigenvalue weighted by molar-refractivity contribution is 0.0693. The third-order valence-electron chi connectivity index (χ3n) is 3.53. The summed E-state index contributed by atoms with van der Waals surface area (Å²) in [5.41, 5.74) is 1.41. The van der Waals surface area contributed by atoms with Crippen LogP contribution in [0, 0.1) is 26.6 Å². The summed E-state index contributed by atoms with van der Waals surface area (Å²) in [4.78, 5) is 23.6. The third kappa shape index (κ3) is 2.11. The minimum Gasteiger partial charge on any atom is -0.477 e. The summed E-state index contributed by atoms with van der Waals surface area (Å²) in [7, 11) is 0. The lowest BCUT2D eigenvalue weighted by atomic mass is 10.0. The van der Waals surface area contributed by atoms with E-state index < -0.39 is 17.3 Å². The first-order valence-electron chi connectivity index (χ1n) is 6.06. The lowest BCUT2D eigenvalue weighted by Crippen LogP contribution is -2.29. The van der Waals surface area contributed by atoms with Gasteiger partial charge in [0.2, 0.25) is 0 Å². The number of halogens is 1. The van der Waals surface area contributed by atoms with Gasteiger partial charge in [-0.1, -0.05) is 0 Å². The van der Waals surface area contributed by atoms with Gasteiger partial charge in [-0.05, 0) is 56.2 Å². The number of carboxylic acids is 1. The number of carboxylic acid groups (broad SMARTS) is 1. The van der Waals surface area contributed by atoms with E-state index in [1.165, 1.54) is 28.8 Å². The molecular weight excluding hydrogens is 261 g/mol. The van der Waals surface area contributed by atoms with Crippen LogP contribution >= 0.6 is 0 Å². The van der Waals surface area contributed by atoms with Crippen molar-refractivity contribution in [2.45, 2.75) is 20.8 Å².